The maximum absolute atomic E-state index is 13.1. The number of carbonyl (C=O) groups is 1. The smallest absolute Gasteiger partial charge is 0.332 e. The van der Waals surface area contributed by atoms with Crippen LogP contribution in [0.3, 0.4) is 0 Å². The molecule has 1 aliphatic heterocycles. The molecule has 1 amide bonds. The van der Waals surface area contributed by atoms with Crippen molar-refractivity contribution in [3.05, 3.63) is 68.9 Å². The van der Waals surface area contributed by atoms with Crippen LogP contribution in [-0.4, -0.2) is 28.1 Å². The Bertz CT molecular complexity index is 1270. The van der Waals surface area contributed by atoms with Gasteiger partial charge in [0.15, 0.2) is 0 Å². The third-order valence-electron chi connectivity index (χ3n) is 6.19. The van der Waals surface area contributed by atoms with Gasteiger partial charge in [0.1, 0.15) is 18.1 Å². The van der Waals surface area contributed by atoms with E-state index in [0.29, 0.717) is 18.8 Å². The highest BCUT2D eigenvalue weighted by Gasteiger charge is 2.23. The number of fused-ring (bicyclic) bond motifs is 1. The second-order valence-electron chi connectivity index (χ2n) is 8.41. The molecule has 1 fully saturated rings. The number of hydrogen-bond acceptors (Lipinski definition) is 5. The first kappa shape index (κ1) is 21.7. The van der Waals surface area contributed by atoms with Crippen LogP contribution in [0.1, 0.15) is 37.8 Å². The Labute approximate surface area is 186 Å². The van der Waals surface area contributed by atoms with Gasteiger partial charge in [0.05, 0.1) is 6.04 Å². The molecule has 0 spiro atoms. The molecule has 2 heterocycles. The van der Waals surface area contributed by atoms with Gasteiger partial charge < -0.3 is 16.0 Å². The zero-order valence-electron chi connectivity index (χ0n) is 18.5. The molecule has 4 rings (SSSR count). The van der Waals surface area contributed by atoms with E-state index < -0.39 is 17.2 Å². The summed E-state index contributed by atoms with van der Waals surface area (Å²) in [7, 11) is 1.52. The van der Waals surface area contributed by atoms with Crippen LogP contribution in [0.25, 0.3) is 10.8 Å². The van der Waals surface area contributed by atoms with E-state index in [2.05, 4.69) is 5.32 Å². The Hall–Kier alpha value is -3.55. The van der Waals surface area contributed by atoms with Crippen molar-refractivity contribution in [2.75, 3.05) is 23.7 Å². The van der Waals surface area contributed by atoms with Crippen LogP contribution in [0.15, 0.2) is 52.1 Å². The zero-order valence-corrected chi connectivity index (χ0v) is 18.5. The molecule has 0 aliphatic carbocycles. The average Bonchev–Trinajstić information content (AvgIpc) is 2.81. The lowest BCUT2D eigenvalue weighted by atomic mass is 10.0. The highest BCUT2D eigenvalue weighted by atomic mass is 16.2. The molecule has 0 bridgehead atoms. The van der Waals surface area contributed by atoms with Crippen LogP contribution in [0.2, 0.25) is 0 Å². The molecule has 8 heteroatoms. The third-order valence-corrected chi connectivity index (χ3v) is 6.19. The molecule has 3 N–H and O–H groups in total. The van der Waals surface area contributed by atoms with Crippen molar-refractivity contribution in [3.63, 3.8) is 0 Å². The first-order valence-corrected chi connectivity index (χ1v) is 11.0. The molecule has 2 aromatic carbocycles. The number of nitrogen functional groups attached to an aromatic ring is 1. The third kappa shape index (κ3) is 4.12. The fraction of sp³-hybridized carbons (Fsp3) is 0.375. The summed E-state index contributed by atoms with van der Waals surface area (Å²) in [5, 5.41) is 5.11. The molecule has 1 atom stereocenters. The van der Waals surface area contributed by atoms with Crippen molar-refractivity contribution in [3.8, 4) is 0 Å². The number of nitrogens with two attached hydrogens (primary N) is 1. The number of amides is 1. The first-order valence-electron chi connectivity index (χ1n) is 11.0. The number of nitrogens with zero attached hydrogens (tertiary/aromatic N) is 3. The van der Waals surface area contributed by atoms with Crippen molar-refractivity contribution >= 4 is 28.2 Å². The highest BCUT2D eigenvalue weighted by molar-refractivity contribution is 5.83. The SMILES string of the molecule is C[C@H](NC(=O)Cn1c(=O)c(N2CCCCC2)c(N)n(C)c1=O)c1ccc2ccccc2c1. The Kier molecular flexibility index (Phi) is 6.03. The molecule has 168 valence electrons. The van der Waals surface area contributed by atoms with E-state index in [4.69, 9.17) is 5.73 Å². The van der Waals surface area contributed by atoms with Gasteiger partial charge in [-0.05, 0) is 48.6 Å². The fourth-order valence-corrected chi connectivity index (χ4v) is 4.31. The molecule has 3 aromatic rings. The first-order chi connectivity index (χ1) is 15.4. The van der Waals surface area contributed by atoms with Gasteiger partial charge in [0.25, 0.3) is 5.56 Å². The minimum atomic E-state index is -0.596. The molecule has 0 saturated carbocycles. The van der Waals surface area contributed by atoms with Crippen LogP contribution in [-0.2, 0) is 18.4 Å². The molecule has 8 nitrogen and oxygen atoms in total. The van der Waals surface area contributed by atoms with Gasteiger partial charge in [0, 0.05) is 20.1 Å². The summed E-state index contributed by atoms with van der Waals surface area (Å²) >= 11 is 0. The highest BCUT2D eigenvalue weighted by Crippen LogP contribution is 2.22. The van der Waals surface area contributed by atoms with Crippen LogP contribution < -0.4 is 27.2 Å². The second kappa shape index (κ2) is 8.90. The zero-order chi connectivity index (χ0) is 22.8. The molecular weight excluding hydrogens is 406 g/mol. The summed E-state index contributed by atoms with van der Waals surface area (Å²) < 4.78 is 2.22. The number of hydrogen-bond donors (Lipinski definition) is 2. The van der Waals surface area contributed by atoms with Gasteiger partial charge >= 0.3 is 5.69 Å². The number of anilines is 2. The summed E-state index contributed by atoms with van der Waals surface area (Å²) in [5.74, 6) is -0.262. The lowest BCUT2D eigenvalue weighted by Crippen LogP contribution is -2.47. The van der Waals surface area contributed by atoms with Crippen LogP contribution in [0.4, 0.5) is 11.5 Å². The van der Waals surface area contributed by atoms with Crippen molar-refractivity contribution < 1.29 is 4.79 Å². The van der Waals surface area contributed by atoms with Crippen molar-refractivity contribution in [2.45, 2.75) is 38.8 Å². The predicted molar refractivity (Wildman–Crippen MR) is 127 cm³/mol. The van der Waals surface area contributed by atoms with Crippen molar-refractivity contribution in [1.82, 2.24) is 14.5 Å². The fourth-order valence-electron chi connectivity index (χ4n) is 4.31. The van der Waals surface area contributed by atoms with Crippen LogP contribution >= 0.6 is 0 Å². The summed E-state index contributed by atoms with van der Waals surface area (Å²) in [4.78, 5) is 40.6. The summed E-state index contributed by atoms with van der Waals surface area (Å²) in [5.41, 5.74) is 6.27. The quantitative estimate of drug-likeness (QED) is 0.639. The molecule has 1 aliphatic rings. The predicted octanol–water partition coefficient (Wildman–Crippen LogP) is 2.15. The Morgan fingerprint density at radius 2 is 1.75 bits per heavy atom. The monoisotopic (exact) mass is 435 g/mol. The van der Waals surface area contributed by atoms with Gasteiger partial charge in [-0.25, -0.2) is 9.36 Å². The summed E-state index contributed by atoms with van der Waals surface area (Å²) in [6.07, 6.45) is 3.03. The number of benzene rings is 2. The van der Waals surface area contributed by atoms with E-state index in [1.807, 2.05) is 54.3 Å². The van der Waals surface area contributed by atoms with Crippen LogP contribution in [0, 0.1) is 0 Å². The minimum absolute atomic E-state index is 0.142. The van der Waals surface area contributed by atoms with E-state index in [9.17, 15) is 14.4 Å². The van der Waals surface area contributed by atoms with Gasteiger partial charge in [0.2, 0.25) is 5.91 Å². The number of piperidine rings is 1. The van der Waals surface area contributed by atoms with E-state index in [-0.39, 0.29) is 18.4 Å². The van der Waals surface area contributed by atoms with E-state index in [1.165, 1.54) is 11.6 Å². The lowest BCUT2D eigenvalue weighted by molar-refractivity contribution is -0.122. The standard InChI is InChI=1S/C24H29N5O3/c1-16(18-11-10-17-8-4-5-9-19(17)14-18)26-20(30)15-29-23(31)21(22(25)27(2)24(29)32)28-12-6-3-7-13-28/h4-5,8-11,14,16H,3,6-7,12-13,15,25H2,1-2H3,(H,26,30)/t16-/m0/s1. The van der Waals surface area contributed by atoms with Crippen LogP contribution in [0.5, 0.6) is 0 Å². The Morgan fingerprint density at radius 1 is 1.06 bits per heavy atom. The topological polar surface area (TPSA) is 102 Å². The maximum Gasteiger partial charge on any atom is 0.332 e. The van der Waals surface area contributed by atoms with Crippen molar-refractivity contribution in [1.29, 1.82) is 0 Å². The largest absolute Gasteiger partial charge is 0.383 e. The van der Waals surface area contributed by atoms with Gasteiger partial charge in [-0.15, -0.1) is 0 Å². The molecule has 32 heavy (non-hydrogen) atoms. The molecule has 1 aromatic heterocycles. The summed E-state index contributed by atoms with van der Waals surface area (Å²) in [6, 6.07) is 13.7. The molecule has 0 unspecified atom stereocenters. The van der Waals surface area contributed by atoms with E-state index in [0.717, 1.165) is 40.2 Å². The normalized spacial score (nSPS) is 15.0. The average molecular weight is 436 g/mol. The number of aromatic nitrogens is 2. The lowest BCUT2D eigenvalue weighted by Gasteiger charge is -2.29. The van der Waals surface area contributed by atoms with E-state index in [1.54, 1.807) is 0 Å². The minimum Gasteiger partial charge on any atom is -0.383 e. The number of nitrogens with one attached hydrogen (secondary N) is 1. The summed E-state index contributed by atoms with van der Waals surface area (Å²) in [6.45, 7) is 2.95. The van der Waals surface area contributed by atoms with Gasteiger partial charge in [-0.2, -0.15) is 0 Å². The number of rotatable bonds is 5. The molecule has 1 saturated heterocycles. The van der Waals surface area contributed by atoms with E-state index >= 15 is 0 Å². The molecule has 0 radical (unpaired) electrons. The van der Waals surface area contributed by atoms with Gasteiger partial charge in [-0.1, -0.05) is 36.4 Å². The maximum atomic E-state index is 13.1. The van der Waals surface area contributed by atoms with Gasteiger partial charge in [-0.3, -0.25) is 14.2 Å². The second-order valence-corrected chi connectivity index (χ2v) is 8.41. The number of carbonyl (C=O) groups excluding carboxylic acids is 1. The Balaban J connectivity index is 1.57. The Morgan fingerprint density at radius 3 is 2.47 bits per heavy atom. The molecular formula is C24H29N5O3. The van der Waals surface area contributed by atoms with Crippen molar-refractivity contribution in [2.24, 2.45) is 7.05 Å².